The molecule has 1 atom stereocenters. The van der Waals surface area contributed by atoms with E-state index in [1.807, 2.05) is 6.92 Å². The molecule has 1 unspecified atom stereocenters. The predicted molar refractivity (Wildman–Crippen MR) is 99.1 cm³/mol. The van der Waals surface area contributed by atoms with Crippen LogP contribution in [0.2, 0.25) is 0 Å². The third-order valence-electron chi connectivity index (χ3n) is 3.78. The highest BCUT2D eigenvalue weighted by atomic mass is 79.9. The summed E-state index contributed by atoms with van der Waals surface area (Å²) in [7, 11) is -2.26. The van der Waals surface area contributed by atoms with Gasteiger partial charge < -0.3 is 9.26 Å². The van der Waals surface area contributed by atoms with Crippen molar-refractivity contribution in [2.75, 3.05) is 7.11 Å². The van der Waals surface area contributed by atoms with Crippen LogP contribution in [0.15, 0.2) is 56.4 Å². The minimum Gasteiger partial charge on any atom is -0.496 e. The van der Waals surface area contributed by atoms with Crippen molar-refractivity contribution >= 4 is 36.9 Å². The first-order valence-electron chi connectivity index (χ1n) is 7.81. The second-order valence-corrected chi connectivity index (χ2v) is 8.02. The fraction of sp³-hybridized carbons (Fsp3) is 0.235. The van der Waals surface area contributed by atoms with E-state index in [2.05, 4.69) is 26.0 Å². The van der Waals surface area contributed by atoms with Gasteiger partial charge in [-0.25, -0.2) is 8.42 Å². The monoisotopic (exact) mass is 440 g/mol. The average molecular weight is 441 g/mol. The van der Waals surface area contributed by atoms with E-state index in [0.29, 0.717) is 28.8 Å². The summed E-state index contributed by atoms with van der Waals surface area (Å²) in [5.74, 6) is 0.554. The maximum absolute atomic E-state index is 12.3. The molecule has 0 radical (unpaired) electrons. The molecule has 2 aromatic carbocycles. The van der Waals surface area contributed by atoms with Gasteiger partial charge in [0.1, 0.15) is 17.5 Å². The SMILES string of the molecule is CCC(ONS(=O)(=O)c1ccccc1)c1noc2cc(Br)cc(OC)c12. The minimum absolute atomic E-state index is 0.112. The highest BCUT2D eigenvalue weighted by Gasteiger charge is 2.25. The van der Waals surface area contributed by atoms with Crippen molar-refractivity contribution in [2.24, 2.45) is 0 Å². The van der Waals surface area contributed by atoms with E-state index < -0.39 is 16.1 Å². The Morgan fingerprint density at radius 2 is 2.00 bits per heavy atom. The number of sulfonamides is 1. The molecule has 0 saturated heterocycles. The number of halogens is 1. The summed E-state index contributed by atoms with van der Waals surface area (Å²) in [6, 6.07) is 11.5. The van der Waals surface area contributed by atoms with Crippen molar-refractivity contribution < 1.29 is 22.5 Å². The van der Waals surface area contributed by atoms with E-state index in [-0.39, 0.29) is 4.90 Å². The number of rotatable bonds is 7. The Hall–Kier alpha value is -1.94. The molecule has 138 valence electrons. The van der Waals surface area contributed by atoms with Crippen molar-refractivity contribution in [3.63, 3.8) is 0 Å². The summed E-state index contributed by atoms with van der Waals surface area (Å²) in [5, 5.41) is 4.69. The van der Waals surface area contributed by atoms with Gasteiger partial charge in [-0.2, -0.15) is 0 Å². The van der Waals surface area contributed by atoms with Crippen molar-refractivity contribution in [2.45, 2.75) is 24.3 Å². The number of nitrogens with one attached hydrogen (secondary N) is 1. The molecule has 0 aliphatic heterocycles. The van der Waals surface area contributed by atoms with E-state index in [1.165, 1.54) is 19.2 Å². The van der Waals surface area contributed by atoms with Crippen LogP contribution in [0, 0.1) is 0 Å². The second kappa shape index (κ2) is 7.75. The van der Waals surface area contributed by atoms with Crippen LogP contribution in [-0.2, 0) is 14.9 Å². The van der Waals surface area contributed by atoms with Gasteiger partial charge in [0.2, 0.25) is 0 Å². The van der Waals surface area contributed by atoms with E-state index in [0.717, 1.165) is 4.47 Å². The molecule has 0 amide bonds. The lowest BCUT2D eigenvalue weighted by Gasteiger charge is -2.15. The topological polar surface area (TPSA) is 90.7 Å². The van der Waals surface area contributed by atoms with E-state index in [4.69, 9.17) is 14.1 Å². The number of methoxy groups -OCH3 is 1. The summed E-state index contributed by atoms with van der Waals surface area (Å²) in [4.78, 5) is 7.75. The van der Waals surface area contributed by atoms with Crippen LogP contribution in [0.5, 0.6) is 5.75 Å². The molecule has 0 aliphatic rings. The number of benzene rings is 2. The summed E-state index contributed by atoms with van der Waals surface area (Å²) in [6.07, 6.45) is -0.178. The number of fused-ring (bicyclic) bond motifs is 1. The molecule has 9 heteroatoms. The van der Waals surface area contributed by atoms with Crippen LogP contribution in [-0.4, -0.2) is 20.7 Å². The fourth-order valence-corrected chi connectivity index (χ4v) is 3.78. The van der Waals surface area contributed by atoms with Gasteiger partial charge >= 0.3 is 0 Å². The number of aromatic nitrogens is 1. The molecule has 7 nitrogen and oxygen atoms in total. The first kappa shape index (κ1) is 18.8. The third kappa shape index (κ3) is 3.75. The Labute approximate surface area is 159 Å². The first-order valence-corrected chi connectivity index (χ1v) is 10.1. The lowest BCUT2D eigenvalue weighted by atomic mass is 10.1. The van der Waals surface area contributed by atoms with Crippen LogP contribution in [0.25, 0.3) is 11.0 Å². The van der Waals surface area contributed by atoms with Crippen molar-refractivity contribution in [1.29, 1.82) is 0 Å². The smallest absolute Gasteiger partial charge is 0.262 e. The largest absolute Gasteiger partial charge is 0.496 e. The maximum atomic E-state index is 12.3. The van der Waals surface area contributed by atoms with Crippen LogP contribution < -0.4 is 9.62 Å². The zero-order valence-electron chi connectivity index (χ0n) is 14.1. The number of hydrogen-bond acceptors (Lipinski definition) is 6. The molecule has 0 bridgehead atoms. The zero-order valence-corrected chi connectivity index (χ0v) is 16.5. The first-order chi connectivity index (χ1) is 12.5. The summed E-state index contributed by atoms with van der Waals surface area (Å²) in [6.45, 7) is 1.85. The highest BCUT2D eigenvalue weighted by molar-refractivity contribution is 9.10. The zero-order chi connectivity index (χ0) is 18.7. The van der Waals surface area contributed by atoms with Gasteiger partial charge in [-0.05, 0) is 30.7 Å². The van der Waals surface area contributed by atoms with Crippen LogP contribution in [0.4, 0.5) is 0 Å². The molecule has 0 fully saturated rings. The number of ether oxygens (including phenoxy) is 1. The standard InChI is InChI=1S/C17H17BrN2O5S/c1-3-13(25-20-26(21,22)12-7-5-4-6-8-12)17-16-14(23-2)9-11(18)10-15(16)24-19-17/h4-10,13,20H,3H2,1-2H3. The molecule has 1 N–H and O–H groups in total. The second-order valence-electron chi connectivity index (χ2n) is 5.46. The van der Waals surface area contributed by atoms with Gasteiger partial charge in [0.05, 0.1) is 17.4 Å². The normalized spacial score (nSPS) is 13.0. The van der Waals surface area contributed by atoms with E-state index in [1.54, 1.807) is 30.3 Å². The summed E-state index contributed by atoms with van der Waals surface area (Å²) < 4.78 is 36.2. The van der Waals surface area contributed by atoms with Crippen LogP contribution in [0.3, 0.4) is 0 Å². The average Bonchev–Trinajstić information content (AvgIpc) is 3.06. The van der Waals surface area contributed by atoms with Crippen molar-refractivity contribution in [3.8, 4) is 5.75 Å². The van der Waals surface area contributed by atoms with Crippen LogP contribution in [0.1, 0.15) is 25.1 Å². The van der Waals surface area contributed by atoms with Crippen molar-refractivity contribution in [1.82, 2.24) is 10.0 Å². The molecule has 1 heterocycles. The third-order valence-corrected chi connectivity index (χ3v) is 5.44. The van der Waals surface area contributed by atoms with Gasteiger partial charge in [0.25, 0.3) is 10.0 Å². The molecule has 26 heavy (non-hydrogen) atoms. The maximum Gasteiger partial charge on any atom is 0.262 e. The van der Waals surface area contributed by atoms with Gasteiger partial charge in [0.15, 0.2) is 5.58 Å². The Morgan fingerprint density at radius 3 is 2.65 bits per heavy atom. The highest BCUT2D eigenvalue weighted by Crippen LogP contribution is 2.36. The lowest BCUT2D eigenvalue weighted by molar-refractivity contribution is 0.0104. The van der Waals surface area contributed by atoms with Gasteiger partial charge in [0, 0.05) is 4.47 Å². The molecule has 3 rings (SSSR count). The number of hydrogen-bond donors (Lipinski definition) is 1. The molecular weight excluding hydrogens is 424 g/mol. The Morgan fingerprint density at radius 1 is 1.27 bits per heavy atom. The fourth-order valence-electron chi connectivity index (χ4n) is 2.51. The summed E-state index contributed by atoms with van der Waals surface area (Å²) in [5.41, 5.74) is 0.974. The Bertz CT molecular complexity index is 1000. The van der Waals surface area contributed by atoms with Gasteiger partial charge in [-0.15, -0.1) is 0 Å². The predicted octanol–water partition coefficient (Wildman–Crippen LogP) is 3.96. The lowest BCUT2D eigenvalue weighted by Crippen LogP contribution is -2.26. The van der Waals surface area contributed by atoms with Gasteiger partial charge in [-0.1, -0.05) is 51.1 Å². The van der Waals surface area contributed by atoms with E-state index >= 15 is 0 Å². The van der Waals surface area contributed by atoms with E-state index in [9.17, 15) is 8.42 Å². The van der Waals surface area contributed by atoms with Crippen molar-refractivity contribution in [3.05, 3.63) is 52.6 Å². The molecule has 3 aromatic rings. The van der Waals surface area contributed by atoms with Crippen LogP contribution >= 0.6 is 15.9 Å². The number of nitrogens with zero attached hydrogens (tertiary/aromatic N) is 1. The molecular formula is C17H17BrN2O5S. The quantitative estimate of drug-likeness (QED) is 0.559. The Kier molecular flexibility index (Phi) is 5.61. The molecule has 0 spiro atoms. The molecule has 0 saturated carbocycles. The molecule has 1 aromatic heterocycles. The molecule has 0 aliphatic carbocycles. The van der Waals surface area contributed by atoms with Gasteiger partial charge in [-0.3, -0.25) is 4.84 Å². The minimum atomic E-state index is -3.80. The summed E-state index contributed by atoms with van der Waals surface area (Å²) >= 11 is 3.38. The Balaban J connectivity index is 1.89.